The highest BCUT2D eigenvalue weighted by Crippen LogP contribution is 2.32. The molecule has 3 aromatic rings. The molecule has 2 aromatic carbocycles. The van der Waals surface area contributed by atoms with Crippen molar-refractivity contribution in [3.63, 3.8) is 0 Å². The van der Waals surface area contributed by atoms with Crippen LogP contribution in [0.15, 0.2) is 53.4 Å². The topological polar surface area (TPSA) is 73.8 Å². The van der Waals surface area contributed by atoms with E-state index in [1.54, 1.807) is 17.0 Å². The van der Waals surface area contributed by atoms with Crippen molar-refractivity contribution >= 4 is 42.6 Å². The van der Waals surface area contributed by atoms with Crippen LogP contribution in [0.3, 0.4) is 0 Å². The van der Waals surface area contributed by atoms with Gasteiger partial charge in [0, 0.05) is 32.1 Å². The van der Waals surface area contributed by atoms with Gasteiger partial charge in [0.2, 0.25) is 15.9 Å². The quantitative estimate of drug-likeness (QED) is 0.510. The zero-order chi connectivity index (χ0) is 23.6. The van der Waals surface area contributed by atoms with Gasteiger partial charge >= 0.3 is 0 Å². The molecule has 0 spiro atoms. The minimum Gasteiger partial charge on any atom is -0.308 e. The molecule has 9 heteroatoms. The van der Waals surface area contributed by atoms with Crippen molar-refractivity contribution in [1.82, 2.24) is 14.2 Å². The van der Waals surface area contributed by atoms with Crippen LogP contribution in [0.4, 0.5) is 5.13 Å². The molecule has 1 fully saturated rings. The van der Waals surface area contributed by atoms with E-state index in [9.17, 15) is 13.2 Å². The number of piperidine rings is 1. The van der Waals surface area contributed by atoms with E-state index in [4.69, 9.17) is 4.98 Å². The fourth-order valence-electron chi connectivity index (χ4n) is 4.00. The number of benzene rings is 2. The fraction of sp³-hybridized carbons (Fsp3) is 0.417. The van der Waals surface area contributed by atoms with Gasteiger partial charge in [-0.25, -0.2) is 13.4 Å². The van der Waals surface area contributed by atoms with Gasteiger partial charge < -0.3 is 4.90 Å². The number of hydrogen-bond acceptors (Lipinski definition) is 6. The molecule has 2 heterocycles. The van der Waals surface area contributed by atoms with E-state index in [-0.39, 0.29) is 11.8 Å². The number of nitrogens with zero attached hydrogens (tertiary/aromatic N) is 4. The number of para-hydroxylation sites is 1. The van der Waals surface area contributed by atoms with Crippen molar-refractivity contribution in [3.8, 4) is 0 Å². The van der Waals surface area contributed by atoms with Crippen molar-refractivity contribution in [2.24, 2.45) is 5.92 Å². The van der Waals surface area contributed by atoms with Crippen LogP contribution in [0.1, 0.15) is 18.4 Å². The molecule has 33 heavy (non-hydrogen) atoms. The third-order valence-electron chi connectivity index (χ3n) is 6.01. The molecule has 0 N–H and O–H groups in total. The van der Waals surface area contributed by atoms with Gasteiger partial charge in [0.25, 0.3) is 0 Å². The van der Waals surface area contributed by atoms with Crippen LogP contribution in [0.25, 0.3) is 10.2 Å². The molecule has 0 radical (unpaired) electrons. The largest absolute Gasteiger partial charge is 0.308 e. The molecule has 4 rings (SSSR count). The van der Waals surface area contributed by atoms with Crippen LogP contribution < -0.4 is 4.90 Å². The van der Waals surface area contributed by atoms with Crippen molar-refractivity contribution in [1.29, 1.82) is 0 Å². The lowest BCUT2D eigenvalue weighted by Gasteiger charge is -2.33. The number of anilines is 1. The van der Waals surface area contributed by atoms with E-state index in [1.165, 1.54) is 15.6 Å². The number of carbonyl (C=O) groups excluding carboxylic acids is 1. The number of fused-ring (bicyclic) bond motifs is 1. The molecule has 1 aliphatic heterocycles. The maximum atomic E-state index is 13.6. The van der Waals surface area contributed by atoms with Crippen molar-refractivity contribution in [2.75, 3.05) is 45.2 Å². The maximum Gasteiger partial charge on any atom is 0.243 e. The van der Waals surface area contributed by atoms with E-state index >= 15 is 0 Å². The molecule has 0 saturated carbocycles. The zero-order valence-corrected chi connectivity index (χ0v) is 20.9. The molecule has 0 aliphatic carbocycles. The lowest BCUT2D eigenvalue weighted by molar-refractivity contribution is -0.123. The molecule has 7 nitrogen and oxygen atoms in total. The average Bonchev–Trinajstić information content (AvgIpc) is 3.23. The first-order valence-corrected chi connectivity index (χ1v) is 13.4. The molecule has 176 valence electrons. The molecular formula is C24H30N4O3S2. The number of aryl methyl sites for hydroxylation is 1. The van der Waals surface area contributed by atoms with Crippen LogP contribution in [0.2, 0.25) is 0 Å². The van der Waals surface area contributed by atoms with Gasteiger partial charge in [-0.2, -0.15) is 4.31 Å². The third kappa shape index (κ3) is 5.27. The van der Waals surface area contributed by atoms with Gasteiger partial charge in [-0.3, -0.25) is 9.69 Å². The summed E-state index contributed by atoms with van der Waals surface area (Å²) >= 11 is 1.52. The highest BCUT2D eigenvalue weighted by molar-refractivity contribution is 7.89. The van der Waals surface area contributed by atoms with E-state index in [1.807, 2.05) is 62.3 Å². The Hall–Kier alpha value is -2.33. The Balaban J connectivity index is 1.49. The number of sulfonamides is 1. The molecular weight excluding hydrogens is 456 g/mol. The standard InChI is InChI=1S/C24H30N4O3S2/c1-18-8-10-20(11-9-18)33(30,31)27-14-12-19(13-15-27)23(29)28(17-16-26(2)3)24-25-21-6-4-5-7-22(21)32-24/h4-11,19H,12-17H2,1-3H3. The number of likely N-dealkylation sites (N-methyl/N-ethyl adjacent to an activating group) is 1. The van der Waals surface area contributed by atoms with Gasteiger partial charge in [0.15, 0.2) is 5.13 Å². The zero-order valence-electron chi connectivity index (χ0n) is 19.3. The highest BCUT2D eigenvalue weighted by Gasteiger charge is 2.35. The summed E-state index contributed by atoms with van der Waals surface area (Å²) in [5.74, 6) is -0.188. The van der Waals surface area contributed by atoms with E-state index in [2.05, 4.69) is 0 Å². The van der Waals surface area contributed by atoms with Crippen LogP contribution in [0.5, 0.6) is 0 Å². The molecule has 0 atom stereocenters. The van der Waals surface area contributed by atoms with Crippen LogP contribution >= 0.6 is 11.3 Å². The summed E-state index contributed by atoms with van der Waals surface area (Å²) in [5.41, 5.74) is 1.91. The third-order valence-corrected chi connectivity index (χ3v) is 8.98. The molecule has 0 unspecified atom stereocenters. The highest BCUT2D eigenvalue weighted by atomic mass is 32.2. The molecule has 1 saturated heterocycles. The number of amides is 1. The Morgan fingerprint density at radius 3 is 2.36 bits per heavy atom. The summed E-state index contributed by atoms with van der Waals surface area (Å²) in [4.78, 5) is 22.4. The maximum absolute atomic E-state index is 13.6. The van der Waals surface area contributed by atoms with Gasteiger partial charge in [0.05, 0.1) is 15.1 Å². The van der Waals surface area contributed by atoms with Gasteiger partial charge in [-0.15, -0.1) is 0 Å². The van der Waals surface area contributed by atoms with E-state index < -0.39 is 10.0 Å². The molecule has 1 aliphatic rings. The minimum absolute atomic E-state index is 0.0308. The van der Waals surface area contributed by atoms with Gasteiger partial charge in [-0.05, 0) is 58.1 Å². The van der Waals surface area contributed by atoms with Crippen molar-refractivity contribution in [3.05, 3.63) is 54.1 Å². The van der Waals surface area contributed by atoms with Crippen LogP contribution in [-0.2, 0) is 14.8 Å². The predicted molar refractivity (Wildman–Crippen MR) is 133 cm³/mol. The lowest BCUT2D eigenvalue weighted by Crippen LogP contribution is -2.46. The minimum atomic E-state index is -3.55. The Bertz CT molecular complexity index is 1180. The summed E-state index contributed by atoms with van der Waals surface area (Å²) in [5, 5.41) is 0.706. The first-order chi connectivity index (χ1) is 15.8. The Morgan fingerprint density at radius 1 is 1.06 bits per heavy atom. The molecule has 0 bridgehead atoms. The monoisotopic (exact) mass is 486 g/mol. The van der Waals surface area contributed by atoms with Crippen LogP contribution in [-0.4, -0.2) is 68.8 Å². The number of carbonyl (C=O) groups is 1. The second kappa shape index (κ2) is 9.89. The molecule has 1 amide bonds. The Morgan fingerprint density at radius 2 is 1.73 bits per heavy atom. The number of rotatable bonds is 7. The Labute approximate surface area is 199 Å². The normalized spacial score (nSPS) is 15.9. The Kier molecular flexibility index (Phi) is 7.13. The average molecular weight is 487 g/mol. The summed E-state index contributed by atoms with van der Waals surface area (Å²) in [6.07, 6.45) is 1.01. The smallest absolute Gasteiger partial charge is 0.243 e. The number of hydrogen-bond donors (Lipinski definition) is 0. The number of thiazole rings is 1. The predicted octanol–water partition coefficient (Wildman–Crippen LogP) is 3.60. The first kappa shape index (κ1) is 23.8. The number of aromatic nitrogens is 1. The molecule has 1 aromatic heterocycles. The SMILES string of the molecule is Cc1ccc(S(=O)(=O)N2CCC(C(=O)N(CCN(C)C)c3nc4ccccc4s3)CC2)cc1. The van der Waals surface area contributed by atoms with Crippen molar-refractivity contribution < 1.29 is 13.2 Å². The lowest BCUT2D eigenvalue weighted by atomic mass is 9.96. The van der Waals surface area contributed by atoms with Gasteiger partial charge in [-0.1, -0.05) is 41.2 Å². The van der Waals surface area contributed by atoms with E-state index in [0.29, 0.717) is 42.5 Å². The second-order valence-electron chi connectivity index (χ2n) is 8.75. The fourth-order valence-corrected chi connectivity index (χ4v) is 6.47. The first-order valence-electron chi connectivity index (χ1n) is 11.1. The van der Waals surface area contributed by atoms with Crippen molar-refractivity contribution in [2.45, 2.75) is 24.7 Å². The van der Waals surface area contributed by atoms with E-state index in [0.717, 1.165) is 22.3 Å². The summed E-state index contributed by atoms with van der Waals surface area (Å²) in [6.45, 7) is 3.89. The summed E-state index contributed by atoms with van der Waals surface area (Å²) < 4.78 is 28.6. The second-order valence-corrected chi connectivity index (χ2v) is 11.7. The van der Waals surface area contributed by atoms with Crippen LogP contribution in [0, 0.1) is 12.8 Å². The van der Waals surface area contributed by atoms with Gasteiger partial charge in [0.1, 0.15) is 0 Å². The summed E-state index contributed by atoms with van der Waals surface area (Å²) in [7, 11) is 0.415. The summed E-state index contributed by atoms with van der Waals surface area (Å²) in [6, 6.07) is 14.8.